The zero-order valence-electron chi connectivity index (χ0n) is 10.7. The van der Waals surface area contributed by atoms with Crippen LogP contribution in [0.5, 0.6) is 0 Å². The Labute approximate surface area is 111 Å². The fourth-order valence-electron chi connectivity index (χ4n) is 1.28. The average molecular weight is 268 g/mol. The smallest absolute Gasteiger partial charge is 0.325 e. The predicted molar refractivity (Wildman–Crippen MR) is 69.3 cm³/mol. The maximum absolute atomic E-state index is 12.9. The Hall–Kier alpha value is -2.11. The van der Waals surface area contributed by atoms with Gasteiger partial charge in [-0.2, -0.15) is 0 Å². The fourth-order valence-corrected chi connectivity index (χ4v) is 1.28. The Morgan fingerprint density at radius 3 is 2.84 bits per heavy atom. The van der Waals surface area contributed by atoms with Crippen LogP contribution < -0.4 is 10.6 Å². The van der Waals surface area contributed by atoms with Crippen molar-refractivity contribution >= 4 is 17.7 Å². The molecule has 0 saturated heterocycles. The van der Waals surface area contributed by atoms with Gasteiger partial charge in [0.2, 0.25) is 0 Å². The van der Waals surface area contributed by atoms with Gasteiger partial charge in [0.25, 0.3) is 0 Å². The van der Waals surface area contributed by atoms with Gasteiger partial charge in [0.1, 0.15) is 12.4 Å². The van der Waals surface area contributed by atoms with Crippen molar-refractivity contribution in [2.24, 2.45) is 0 Å². The van der Waals surface area contributed by atoms with Gasteiger partial charge in [-0.05, 0) is 24.6 Å². The minimum Gasteiger partial charge on any atom is -0.464 e. The number of ether oxygens (including phenoxy) is 1. The molecule has 0 aliphatic rings. The van der Waals surface area contributed by atoms with E-state index in [1.54, 1.807) is 6.07 Å². The molecule has 1 aromatic rings. The van der Waals surface area contributed by atoms with Gasteiger partial charge in [0, 0.05) is 5.69 Å². The summed E-state index contributed by atoms with van der Waals surface area (Å²) in [5.74, 6) is -0.945. The van der Waals surface area contributed by atoms with Crippen LogP contribution in [-0.2, 0) is 9.53 Å². The summed E-state index contributed by atoms with van der Waals surface area (Å²) in [5.41, 5.74) is 0.317. The summed E-state index contributed by atoms with van der Waals surface area (Å²) >= 11 is 0. The molecule has 0 saturated carbocycles. The molecule has 19 heavy (non-hydrogen) atoms. The van der Waals surface area contributed by atoms with Gasteiger partial charge in [-0.15, -0.1) is 0 Å². The molecule has 0 atom stereocenters. The lowest BCUT2D eigenvalue weighted by Gasteiger charge is -2.07. The Kier molecular flexibility index (Phi) is 6.35. The molecule has 0 spiro atoms. The van der Waals surface area contributed by atoms with E-state index in [0.29, 0.717) is 12.3 Å². The molecule has 0 radical (unpaired) electrons. The minimum absolute atomic E-state index is 0.217. The van der Waals surface area contributed by atoms with E-state index >= 15 is 0 Å². The van der Waals surface area contributed by atoms with Crippen LogP contribution in [0.25, 0.3) is 0 Å². The largest absolute Gasteiger partial charge is 0.464 e. The summed E-state index contributed by atoms with van der Waals surface area (Å²) in [6.07, 6.45) is 1.72. The second-order valence-corrected chi connectivity index (χ2v) is 3.89. The average Bonchev–Trinajstić information content (AvgIpc) is 2.37. The van der Waals surface area contributed by atoms with Crippen molar-refractivity contribution in [1.29, 1.82) is 0 Å². The van der Waals surface area contributed by atoms with E-state index in [-0.39, 0.29) is 6.54 Å². The molecule has 0 aliphatic carbocycles. The van der Waals surface area contributed by atoms with Crippen molar-refractivity contribution in [3.8, 4) is 0 Å². The number of rotatable bonds is 6. The molecule has 6 heteroatoms. The molecule has 0 heterocycles. The first-order valence-electron chi connectivity index (χ1n) is 6.08. The van der Waals surface area contributed by atoms with Crippen LogP contribution in [0.4, 0.5) is 14.9 Å². The highest BCUT2D eigenvalue weighted by atomic mass is 19.1. The maximum Gasteiger partial charge on any atom is 0.325 e. The number of benzene rings is 1. The number of esters is 1. The summed E-state index contributed by atoms with van der Waals surface area (Å²) in [4.78, 5) is 22.6. The van der Waals surface area contributed by atoms with E-state index in [1.807, 2.05) is 6.92 Å². The lowest BCUT2D eigenvalue weighted by molar-refractivity contribution is -0.142. The van der Waals surface area contributed by atoms with Gasteiger partial charge < -0.3 is 15.4 Å². The topological polar surface area (TPSA) is 67.4 Å². The van der Waals surface area contributed by atoms with E-state index in [0.717, 1.165) is 12.8 Å². The Morgan fingerprint density at radius 1 is 1.37 bits per heavy atom. The molecule has 5 nitrogen and oxygen atoms in total. The first kappa shape index (κ1) is 14.9. The number of hydrogen-bond acceptors (Lipinski definition) is 3. The van der Waals surface area contributed by atoms with Crippen LogP contribution in [0.3, 0.4) is 0 Å². The van der Waals surface area contributed by atoms with Crippen molar-refractivity contribution in [2.75, 3.05) is 18.5 Å². The molecular weight excluding hydrogens is 251 g/mol. The molecule has 1 rings (SSSR count). The van der Waals surface area contributed by atoms with Gasteiger partial charge in [-0.1, -0.05) is 19.4 Å². The lowest BCUT2D eigenvalue weighted by atomic mass is 10.3. The summed E-state index contributed by atoms with van der Waals surface area (Å²) in [7, 11) is 0. The fraction of sp³-hybridized carbons (Fsp3) is 0.385. The third-order valence-electron chi connectivity index (χ3n) is 2.24. The standard InChI is InChI=1S/C13H17FN2O3/c1-2-3-7-19-12(17)9-15-13(18)16-11-6-4-5-10(14)8-11/h4-6,8H,2-3,7,9H2,1H3,(H2,15,16,18). The molecule has 0 aromatic heterocycles. The summed E-state index contributed by atoms with van der Waals surface area (Å²) < 4.78 is 17.7. The number of halogens is 1. The molecule has 0 unspecified atom stereocenters. The van der Waals surface area contributed by atoms with E-state index in [4.69, 9.17) is 4.74 Å². The molecule has 2 N–H and O–H groups in total. The molecule has 104 valence electrons. The second-order valence-electron chi connectivity index (χ2n) is 3.89. The highest BCUT2D eigenvalue weighted by Crippen LogP contribution is 2.08. The number of carbonyl (C=O) groups is 2. The van der Waals surface area contributed by atoms with E-state index in [9.17, 15) is 14.0 Å². The zero-order chi connectivity index (χ0) is 14.1. The van der Waals surface area contributed by atoms with Gasteiger partial charge in [-0.3, -0.25) is 4.79 Å². The monoisotopic (exact) mass is 268 g/mol. The van der Waals surface area contributed by atoms with Gasteiger partial charge in [-0.25, -0.2) is 9.18 Å². The third kappa shape index (κ3) is 6.40. The summed E-state index contributed by atoms with van der Waals surface area (Å²) in [6, 6.07) is 4.89. The zero-order valence-corrected chi connectivity index (χ0v) is 10.7. The SMILES string of the molecule is CCCCOC(=O)CNC(=O)Nc1cccc(F)c1. The van der Waals surface area contributed by atoms with Crippen molar-refractivity contribution in [3.63, 3.8) is 0 Å². The quantitative estimate of drug-likeness (QED) is 0.614. The van der Waals surface area contributed by atoms with Crippen LogP contribution in [-0.4, -0.2) is 25.2 Å². The Morgan fingerprint density at radius 2 is 2.16 bits per heavy atom. The number of nitrogens with one attached hydrogen (secondary N) is 2. The van der Waals surface area contributed by atoms with Crippen LogP contribution in [0.2, 0.25) is 0 Å². The third-order valence-corrected chi connectivity index (χ3v) is 2.24. The number of hydrogen-bond donors (Lipinski definition) is 2. The highest BCUT2D eigenvalue weighted by molar-refractivity contribution is 5.91. The molecule has 2 amide bonds. The first-order chi connectivity index (χ1) is 9.11. The summed E-state index contributed by atoms with van der Waals surface area (Å²) in [6.45, 7) is 2.12. The van der Waals surface area contributed by atoms with E-state index in [1.165, 1.54) is 18.2 Å². The highest BCUT2D eigenvalue weighted by Gasteiger charge is 2.06. The van der Waals surface area contributed by atoms with Gasteiger partial charge in [0.15, 0.2) is 0 Å². The minimum atomic E-state index is -0.585. The maximum atomic E-state index is 12.9. The Balaban J connectivity index is 2.26. The van der Waals surface area contributed by atoms with Gasteiger partial charge >= 0.3 is 12.0 Å². The normalized spacial score (nSPS) is 9.79. The van der Waals surface area contributed by atoms with Crippen LogP contribution >= 0.6 is 0 Å². The molecule has 0 fully saturated rings. The van der Waals surface area contributed by atoms with Crippen molar-refractivity contribution < 1.29 is 18.7 Å². The number of carbonyl (C=O) groups excluding carboxylic acids is 2. The lowest BCUT2D eigenvalue weighted by Crippen LogP contribution is -2.34. The molecule has 0 bridgehead atoms. The number of unbranched alkanes of at least 4 members (excludes halogenated alkanes) is 1. The number of amides is 2. The van der Waals surface area contributed by atoms with Crippen LogP contribution in [0.15, 0.2) is 24.3 Å². The molecule has 0 aliphatic heterocycles. The summed E-state index contributed by atoms with van der Waals surface area (Å²) in [5, 5.41) is 4.74. The van der Waals surface area contributed by atoms with E-state index in [2.05, 4.69) is 10.6 Å². The molecular formula is C13H17FN2O3. The Bertz CT molecular complexity index is 438. The first-order valence-corrected chi connectivity index (χ1v) is 6.08. The number of urea groups is 1. The van der Waals surface area contributed by atoms with E-state index < -0.39 is 17.8 Å². The van der Waals surface area contributed by atoms with Crippen LogP contribution in [0, 0.1) is 5.82 Å². The van der Waals surface area contributed by atoms with Crippen molar-refractivity contribution in [1.82, 2.24) is 5.32 Å². The van der Waals surface area contributed by atoms with Crippen LogP contribution in [0.1, 0.15) is 19.8 Å². The predicted octanol–water partition coefficient (Wildman–Crippen LogP) is 2.29. The second kappa shape index (κ2) is 8.07. The molecule has 1 aromatic carbocycles. The number of anilines is 1. The van der Waals surface area contributed by atoms with Crippen molar-refractivity contribution in [3.05, 3.63) is 30.1 Å². The van der Waals surface area contributed by atoms with Gasteiger partial charge in [0.05, 0.1) is 6.61 Å². The van der Waals surface area contributed by atoms with Crippen molar-refractivity contribution in [2.45, 2.75) is 19.8 Å².